The van der Waals surface area contributed by atoms with Gasteiger partial charge in [0.05, 0.1) is 16.8 Å². The number of carbonyl (C=O) groups excluding carboxylic acids is 1. The smallest absolute Gasteiger partial charge is 0.256 e. The minimum absolute atomic E-state index is 0.155. The van der Waals surface area contributed by atoms with Gasteiger partial charge in [0.25, 0.3) is 5.91 Å². The molecule has 2 aromatic heterocycles. The van der Waals surface area contributed by atoms with Crippen LogP contribution >= 0.6 is 15.9 Å². The Hall–Kier alpha value is -1.47. The molecular formula is C13H15BrN4O2. The predicted octanol–water partition coefficient (Wildman–Crippen LogP) is 1.38. The summed E-state index contributed by atoms with van der Waals surface area (Å²) < 4.78 is 2.36. The van der Waals surface area contributed by atoms with Gasteiger partial charge >= 0.3 is 0 Å². The fourth-order valence-corrected chi connectivity index (χ4v) is 2.88. The van der Waals surface area contributed by atoms with E-state index < -0.39 is 0 Å². The maximum atomic E-state index is 12.2. The molecule has 2 aromatic rings. The second-order valence-corrected chi connectivity index (χ2v) is 5.98. The van der Waals surface area contributed by atoms with Gasteiger partial charge in [0.2, 0.25) is 0 Å². The van der Waals surface area contributed by atoms with Gasteiger partial charge in [-0.3, -0.25) is 4.79 Å². The Morgan fingerprint density at radius 3 is 3.10 bits per heavy atom. The quantitative estimate of drug-likeness (QED) is 0.886. The predicted molar refractivity (Wildman–Crippen MR) is 76.4 cm³/mol. The number of nitrogens with zero attached hydrogens (tertiary/aromatic N) is 3. The molecule has 0 aliphatic heterocycles. The molecule has 0 saturated heterocycles. The van der Waals surface area contributed by atoms with Gasteiger partial charge in [-0.05, 0) is 28.8 Å². The zero-order valence-corrected chi connectivity index (χ0v) is 12.4. The summed E-state index contributed by atoms with van der Waals surface area (Å²) in [5.41, 5.74) is 0.975. The molecule has 0 bridgehead atoms. The van der Waals surface area contributed by atoms with E-state index in [0.717, 1.165) is 23.7 Å². The minimum atomic E-state index is -0.298. The summed E-state index contributed by atoms with van der Waals surface area (Å²) in [5.74, 6) is -0.0446. The van der Waals surface area contributed by atoms with Crippen LogP contribution in [0.1, 0.15) is 29.6 Å². The summed E-state index contributed by atoms with van der Waals surface area (Å²) in [5, 5.41) is 16.7. The lowest BCUT2D eigenvalue weighted by Crippen LogP contribution is -2.32. The van der Waals surface area contributed by atoms with Crippen molar-refractivity contribution in [2.75, 3.05) is 6.54 Å². The molecular weight excluding hydrogens is 324 g/mol. The Balaban J connectivity index is 1.72. The van der Waals surface area contributed by atoms with Crippen LogP contribution in [0.3, 0.4) is 0 Å². The lowest BCUT2D eigenvalue weighted by Gasteiger charge is -2.14. The SMILES string of the molecule is O=C(NCC1CCCC1O)c1cnn2cc(Br)cnc12. The standard InChI is InChI=1S/C13H15BrN4O2/c14-9-5-15-12-10(6-17-18(12)7-9)13(20)16-4-8-2-1-3-11(8)19/h5-8,11,19H,1-4H2,(H,16,20). The number of aromatic nitrogens is 3. The van der Waals surface area contributed by atoms with Crippen molar-refractivity contribution in [3.8, 4) is 0 Å². The first-order valence-corrected chi connectivity index (χ1v) is 7.39. The molecule has 1 fully saturated rings. The van der Waals surface area contributed by atoms with E-state index >= 15 is 0 Å². The van der Waals surface area contributed by atoms with Crippen LogP contribution in [-0.4, -0.2) is 38.3 Å². The van der Waals surface area contributed by atoms with E-state index in [9.17, 15) is 9.90 Å². The van der Waals surface area contributed by atoms with Gasteiger partial charge in [-0.25, -0.2) is 9.50 Å². The van der Waals surface area contributed by atoms with Crippen molar-refractivity contribution < 1.29 is 9.90 Å². The van der Waals surface area contributed by atoms with Crippen LogP contribution < -0.4 is 5.32 Å². The molecule has 2 unspecified atom stereocenters. The van der Waals surface area contributed by atoms with Gasteiger partial charge in [0.15, 0.2) is 5.65 Å². The molecule has 2 heterocycles. The number of hydrogen-bond acceptors (Lipinski definition) is 4. The van der Waals surface area contributed by atoms with Crippen LogP contribution in [0.15, 0.2) is 23.1 Å². The number of amides is 1. The first-order chi connectivity index (χ1) is 9.65. The van der Waals surface area contributed by atoms with Crippen molar-refractivity contribution in [2.24, 2.45) is 5.92 Å². The van der Waals surface area contributed by atoms with Crippen molar-refractivity contribution in [3.63, 3.8) is 0 Å². The molecule has 2 N–H and O–H groups in total. The highest BCUT2D eigenvalue weighted by Crippen LogP contribution is 2.24. The van der Waals surface area contributed by atoms with E-state index in [4.69, 9.17) is 0 Å². The minimum Gasteiger partial charge on any atom is -0.393 e. The summed E-state index contributed by atoms with van der Waals surface area (Å²) in [7, 11) is 0. The van der Waals surface area contributed by atoms with Gasteiger partial charge in [-0.15, -0.1) is 0 Å². The molecule has 106 valence electrons. The van der Waals surface area contributed by atoms with Crippen LogP contribution in [0.4, 0.5) is 0 Å². The number of aliphatic hydroxyl groups is 1. The van der Waals surface area contributed by atoms with Gasteiger partial charge < -0.3 is 10.4 Å². The second-order valence-electron chi connectivity index (χ2n) is 5.07. The van der Waals surface area contributed by atoms with Crippen LogP contribution in [0.25, 0.3) is 5.65 Å². The van der Waals surface area contributed by atoms with E-state index in [1.165, 1.54) is 6.20 Å². The van der Waals surface area contributed by atoms with Crippen LogP contribution in [0.2, 0.25) is 0 Å². The third-order valence-electron chi connectivity index (χ3n) is 3.71. The lowest BCUT2D eigenvalue weighted by atomic mass is 10.1. The van der Waals surface area contributed by atoms with Crippen molar-refractivity contribution in [3.05, 3.63) is 28.6 Å². The van der Waals surface area contributed by atoms with E-state index in [0.29, 0.717) is 17.8 Å². The first kappa shape index (κ1) is 13.5. The Kier molecular flexibility index (Phi) is 3.71. The highest BCUT2D eigenvalue weighted by atomic mass is 79.9. The van der Waals surface area contributed by atoms with E-state index in [1.807, 2.05) is 0 Å². The number of hydrogen-bond donors (Lipinski definition) is 2. The summed E-state index contributed by atoms with van der Waals surface area (Å²) in [6.45, 7) is 0.494. The molecule has 7 heteroatoms. The zero-order valence-electron chi connectivity index (χ0n) is 10.8. The van der Waals surface area contributed by atoms with Gasteiger partial charge in [0.1, 0.15) is 5.56 Å². The van der Waals surface area contributed by atoms with Crippen LogP contribution in [0, 0.1) is 5.92 Å². The fraction of sp³-hybridized carbons (Fsp3) is 0.462. The Labute approximate surface area is 124 Å². The maximum Gasteiger partial charge on any atom is 0.256 e. The largest absolute Gasteiger partial charge is 0.393 e. The van der Waals surface area contributed by atoms with Crippen molar-refractivity contribution in [1.29, 1.82) is 0 Å². The van der Waals surface area contributed by atoms with Gasteiger partial charge in [0, 0.05) is 24.9 Å². The van der Waals surface area contributed by atoms with E-state index in [-0.39, 0.29) is 17.9 Å². The Morgan fingerprint density at radius 1 is 1.50 bits per heavy atom. The average molecular weight is 339 g/mol. The molecule has 1 aliphatic carbocycles. The molecule has 2 atom stereocenters. The lowest BCUT2D eigenvalue weighted by molar-refractivity contribution is 0.0918. The molecule has 1 aliphatic rings. The third kappa shape index (κ3) is 2.55. The number of halogens is 1. The van der Waals surface area contributed by atoms with Crippen LogP contribution in [-0.2, 0) is 0 Å². The molecule has 1 amide bonds. The molecule has 0 radical (unpaired) electrons. The van der Waals surface area contributed by atoms with E-state index in [2.05, 4.69) is 31.3 Å². The Bertz CT molecular complexity index is 642. The Morgan fingerprint density at radius 2 is 2.35 bits per heavy atom. The maximum absolute atomic E-state index is 12.2. The molecule has 1 saturated carbocycles. The second kappa shape index (κ2) is 5.49. The summed E-state index contributed by atoms with van der Waals surface area (Å²) in [6.07, 6.45) is 7.40. The number of carbonyl (C=O) groups is 1. The fourth-order valence-electron chi connectivity index (χ4n) is 2.59. The van der Waals surface area contributed by atoms with E-state index in [1.54, 1.807) is 16.9 Å². The molecule has 3 rings (SSSR count). The third-order valence-corrected chi connectivity index (χ3v) is 4.12. The highest BCUT2D eigenvalue weighted by Gasteiger charge is 2.26. The summed E-state index contributed by atoms with van der Waals surface area (Å²) in [4.78, 5) is 16.4. The van der Waals surface area contributed by atoms with Crippen molar-refractivity contribution in [2.45, 2.75) is 25.4 Å². The molecule has 20 heavy (non-hydrogen) atoms. The molecule has 6 nitrogen and oxygen atoms in total. The van der Waals surface area contributed by atoms with Gasteiger partial charge in [-0.1, -0.05) is 6.42 Å². The number of nitrogens with one attached hydrogen (secondary N) is 1. The van der Waals surface area contributed by atoms with Crippen molar-refractivity contribution >= 4 is 27.5 Å². The number of rotatable bonds is 3. The summed E-state index contributed by atoms with van der Waals surface area (Å²) >= 11 is 3.31. The monoisotopic (exact) mass is 338 g/mol. The molecule has 0 aromatic carbocycles. The molecule has 0 spiro atoms. The normalized spacial score (nSPS) is 22.3. The summed E-state index contributed by atoms with van der Waals surface area (Å²) in [6, 6.07) is 0. The topological polar surface area (TPSA) is 79.5 Å². The van der Waals surface area contributed by atoms with Gasteiger partial charge in [-0.2, -0.15) is 5.10 Å². The highest BCUT2D eigenvalue weighted by molar-refractivity contribution is 9.10. The van der Waals surface area contributed by atoms with Crippen LogP contribution in [0.5, 0.6) is 0 Å². The number of fused-ring (bicyclic) bond motifs is 1. The zero-order chi connectivity index (χ0) is 14.1. The first-order valence-electron chi connectivity index (χ1n) is 6.60. The van der Waals surface area contributed by atoms with Crippen molar-refractivity contribution in [1.82, 2.24) is 19.9 Å². The number of aliphatic hydroxyl groups excluding tert-OH is 1. The average Bonchev–Trinajstić information content (AvgIpc) is 3.02.